The van der Waals surface area contributed by atoms with E-state index in [0.29, 0.717) is 12.3 Å². The first kappa shape index (κ1) is 10.1. The van der Waals surface area contributed by atoms with E-state index in [1.165, 1.54) is 0 Å². The highest BCUT2D eigenvalue weighted by molar-refractivity contribution is 5.17. The second-order valence-corrected chi connectivity index (χ2v) is 6.58. The summed E-state index contributed by atoms with van der Waals surface area (Å²) in [5.74, 6) is 0.527. The van der Waals surface area contributed by atoms with Crippen LogP contribution in [0.4, 0.5) is 0 Å². The van der Waals surface area contributed by atoms with Crippen molar-refractivity contribution in [2.24, 2.45) is 5.92 Å². The average Bonchev–Trinajstić information content (AvgIpc) is 1.95. The summed E-state index contributed by atoms with van der Waals surface area (Å²) in [7, 11) is 4.17. The maximum atomic E-state index is 10.5. The van der Waals surface area contributed by atoms with Crippen molar-refractivity contribution in [2.75, 3.05) is 14.1 Å². The van der Waals surface area contributed by atoms with Crippen LogP contribution in [0.5, 0.6) is 0 Å². The van der Waals surface area contributed by atoms with Crippen LogP contribution in [0.3, 0.4) is 0 Å². The molecule has 2 N–H and O–H groups in total. The third-order valence-electron chi connectivity index (χ3n) is 4.93. The van der Waals surface area contributed by atoms with Gasteiger partial charge in [-0.3, -0.25) is 0 Å². The van der Waals surface area contributed by atoms with Crippen LogP contribution >= 0.6 is 0 Å². The van der Waals surface area contributed by atoms with Crippen LogP contribution in [0.1, 0.15) is 38.5 Å². The van der Waals surface area contributed by atoms with Crippen molar-refractivity contribution in [3.63, 3.8) is 0 Å². The highest BCUT2D eigenvalue weighted by Gasteiger charge is 2.63. The second-order valence-electron chi connectivity index (χ2n) is 6.58. The molecule has 0 spiro atoms. The molecule has 15 heavy (non-hydrogen) atoms. The smallest absolute Gasteiger partial charge is 0.0695 e. The van der Waals surface area contributed by atoms with Gasteiger partial charge in [0.15, 0.2) is 0 Å². The molecular weight excluding hydrogens is 190 g/mol. The van der Waals surface area contributed by atoms with Crippen molar-refractivity contribution in [2.45, 2.75) is 55.3 Å². The molecule has 0 radical (unpaired) electrons. The Balaban J connectivity index is 2.02. The Bertz CT molecular complexity index is 284. The van der Waals surface area contributed by atoms with Crippen LogP contribution in [0.25, 0.3) is 0 Å². The van der Waals surface area contributed by atoms with Crippen molar-refractivity contribution < 1.29 is 10.2 Å². The summed E-state index contributed by atoms with van der Waals surface area (Å²) in [6.07, 6.45) is 5.28. The van der Waals surface area contributed by atoms with Crippen LogP contribution in [0.15, 0.2) is 0 Å². The maximum absolute atomic E-state index is 10.5. The van der Waals surface area contributed by atoms with Crippen molar-refractivity contribution >= 4 is 0 Å². The number of hydrogen-bond donors (Lipinski definition) is 2. The second kappa shape index (κ2) is 2.58. The van der Waals surface area contributed by atoms with E-state index in [4.69, 9.17) is 0 Å². The zero-order chi connectivity index (χ0) is 10.9. The summed E-state index contributed by atoms with van der Waals surface area (Å²) >= 11 is 0. The molecule has 0 aliphatic heterocycles. The SMILES string of the molecule is CN(C)C12CC3CC(O)(CC(O)(C3)C1)C2. The van der Waals surface area contributed by atoms with Gasteiger partial charge in [-0.1, -0.05) is 0 Å². The summed E-state index contributed by atoms with van der Waals surface area (Å²) in [4.78, 5) is 2.23. The van der Waals surface area contributed by atoms with Crippen molar-refractivity contribution in [3.05, 3.63) is 0 Å². The van der Waals surface area contributed by atoms with Gasteiger partial charge in [0, 0.05) is 12.0 Å². The maximum Gasteiger partial charge on any atom is 0.0695 e. The average molecular weight is 211 g/mol. The topological polar surface area (TPSA) is 43.7 Å². The molecule has 4 aliphatic rings. The highest BCUT2D eigenvalue weighted by Crippen LogP contribution is 2.60. The Morgan fingerprint density at radius 3 is 1.87 bits per heavy atom. The fourth-order valence-corrected chi connectivity index (χ4v) is 4.79. The summed E-state index contributed by atoms with van der Waals surface area (Å²) in [5.41, 5.74) is -1.11. The predicted octanol–water partition coefficient (Wildman–Crippen LogP) is 0.747. The molecule has 0 saturated heterocycles. The molecule has 0 aromatic heterocycles. The summed E-state index contributed by atoms with van der Waals surface area (Å²) in [6.45, 7) is 0. The molecule has 0 aromatic carbocycles. The quantitative estimate of drug-likeness (QED) is 0.672. The molecule has 3 heteroatoms. The molecule has 4 saturated carbocycles. The van der Waals surface area contributed by atoms with Crippen LogP contribution in [0, 0.1) is 5.92 Å². The van der Waals surface area contributed by atoms with Gasteiger partial charge < -0.3 is 15.1 Å². The molecule has 4 rings (SSSR count). The molecule has 0 amide bonds. The third-order valence-corrected chi connectivity index (χ3v) is 4.93. The molecule has 3 nitrogen and oxygen atoms in total. The van der Waals surface area contributed by atoms with E-state index >= 15 is 0 Å². The van der Waals surface area contributed by atoms with Crippen LogP contribution in [0.2, 0.25) is 0 Å². The molecule has 4 aliphatic carbocycles. The van der Waals surface area contributed by atoms with Crippen LogP contribution in [-0.2, 0) is 0 Å². The van der Waals surface area contributed by atoms with E-state index in [0.717, 1.165) is 32.1 Å². The van der Waals surface area contributed by atoms with E-state index < -0.39 is 11.2 Å². The van der Waals surface area contributed by atoms with E-state index in [1.54, 1.807) is 0 Å². The van der Waals surface area contributed by atoms with Gasteiger partial charge in [-0.05, 0) is 52.1 Å². The van der Waals surface area contributed by atoms with E-state index in [1.807, 2.05) is 0 Å². The van der Waals surface area contributed by atoms with Gasteiger partial charge in [0.2, 0.25) is 0 Å². The van der Waals surface area contributed by atoms with E-state index in [2.05, 4.69) is 19.0 Å². The first-order valence-corrected chi connectivity index (χ1v) is 5.97. The van der Waals surface area contributed by atoms with Gasteiger partial charge in [-0.15, -0.1) is 0 Å². The number of rotatable bonds is 1. The van der Waals surface area contributed by atoms with Gasteiger partial charge in [-0.2, -0.15) is 0 Å². The zero-order valence-electron chi connectivity index (χ0n) is 9.66. The fraction of sp³-hybridized carbons (Fsp3) is 1.00. The van der Waals surface area contributed by atoms with Crippen molar-refractivity contribution in [1.82, 2.24) is 4.90 Å². The Hall–Kier alpha value is -0.120. The van der Waals surface area contributed by atoms with E-state index in [9.17, 15) is 10.2 Å². The molecule has 4 fully saturated rings. The normalized spacial score (nSPS) is 57.8. The Morgan fingerprint density at radius 2 is 1.47 bits per heavy atom. The molecule has 0 aromatic rings. The Morgan fingerprint density at radius 1 is 0.933 bits per heavy atom. The number of nitrogens with zero attached hydrogens (tertiary/aromatic N) is 1. The molecule has 4 bridgehead atoms. The lowest BCUT2D eigenvalue weighted by Gasteiger charge is -2.65. The van der Waals surface area contributed by atoms with Gasteiger partial charge in [-0.25, -0.2) is 0 Å². The number of hydrogen-bond acceptors (Lipinski definition) is 3. The first-order chi connectivity index (χ1) is 6.85. The molecular formula is C12H21NO2. The monoisotopic (exact) mass is 211 g/mol. The van der Waals surface area contributed by atoms with Crippen molar-refractivity contribution in [1.29, 1.82) is 0 Å². The fourth-order valence-electron chi connectivity index (χ4n) is 4.79. The molecule has 0 heterocycles. The minimum atomic E-state index is -0.585. The lowest BCUT2D eigenvalue weighted by atomic mass is 9.49. The lowest BCUT2D eigenvalue weighted by Crippen LogP contribution is -2.69. The number of aliphatic hydroxyl groups is 2. The molecule has 2 unspecified atom stereocenters. The molecule has 2 atom stereocenters. The Kier molecular flexibility index (Phi) is 1.73. The largest absolute Gasteiger partial charge is 0.390 e. The highest BCUT2D eigenvalue weighted by atomic mass is 16.3. The van der Waals surface area contributed by atoms with Gasteiger partial charge in [0.1, 0.15) is 0 Å². The van der Waals surface area contributed by atoms with Gasteiger partial charge >= 0.3 is 0 Å². The third kappa shape index (κ3) is 1.30. The lowest BCUT2D eigenvalue weighted by molar-refractivity contribution is -0.229. The van der Waals surface area contributed by atoms with E-state index in [-0.39, 0.29) is 5.54 Å². The Labute approximate surface area is 91.1 Å². The standard InChI is InChI=1S/C12H21NO2/c1-13(2)10-3-9-4-11(14,6-10)8-12(15,5-9)7-10/h9,14-15H,3-8H2,1-2H3. The summed E-state index contributed by atoms with van der Waals surface area (Å²) < 4.78 is 0. The summed E-state index contributed by atoms with van der Waals surface area (Å²) in [6, 6.07) is 0. The molecule has 86 valence electrons. The minimum Gasteiger partial charge on any atom is -0.390 e. The first-order valence-electron chi connectivity index (χ1n) is 5.97. The van der Waals surface area contributed by atoms with Gasteiger partial charge in [0.25, 0.3) is 0 Å². The zero-order valence-corrected chi connectivity index (χ0v) is 9.66. The predicted molar refractivity (Wildman–Crippen MR) is 57.5 cm³/mol. The van der Waals surface area contributed by atoms with Crippen molar-refractivity contribution in [3.8, 4) is 0 Å². The van der Waals surface area contributed by atoms with Crippen LogP contribution < -0.4 is 0 Å². The minimum absolute atomic E-state index is 0.0584. The summed E-state index contributed by atoms with van der Waals surface area (Å²) in [5, 5.41) is 21.0. The van der Waals surface area contributed by atoms with Gasteiger partial charge in [0.05, 0.1) is 11.2 Å². The van der Waals surface area contributed by atoms with Crippen LogP contribution in [-0.4, -0.2) is 45.9 Å².